The Hall–Kier alpha value is -4.22. The Morgan fingerprint density at radius 2 is 1.74 bits per heavy atom. The number of hydrogen-bond acceptors (Lipinski definition) is 6. The van der Waals surface area contributed by atoms with Gasteiger partial charge in [0.05, 0.1) is 30.3 Å². The van der Waals surface area contributed by atoms with Crippen molar-refractivity contribution in [1.82, 2.24) is 19.2 Å². The summed E-state index contributed by atoms with van der Waals surface area (Å²) >= 11 is 0. The van der Waals surface area contributed by atoms with E-state index in [1.807, 2.05) is 0 Å². The molecule has 0 aliphatic carbocycles. The van der Waals surface area contributed by atoms with Gasteiger partial charge in [-0.15, -0.1) is 0 Å². The lowest BCUT2D eigenvalue weighted by Crippen LogP contribution is -2.49. The molecule has 200 valence electrons. The van der Waals surface area contributed by atoms with Gasteiger partial charge in [-0.3, -0.25) is 19.0 Å². The van der Waals surface area contributed by atoms with Crippen molar-refractivity contribution in [3.8, 4) is 5.69 Å². The molecule has 38 heavy (non-hydrogen) atoms. The molecule has 0 unspecified atom stereocenters. The number of carbonyl (C=O) groups is 2. The fraction of sp³-hybridized carbons (Fsp3) is 0.346. The maximum Gasteiger partial charge on any atom is 0.416 e. The molecule has 1 aromatic heterocycles. The molecule has 1 fully saturated rings. The molecule has 9 nitrogen and oxygen atoms in total. The largest absolute Gasteiger partial charge is 0.466 e. The number of halogens is 3. The highest BCUT2D eigenvalue weighted by atomic mass is 19.4. The van der Waals surface area contributed by atoms with Crippen LogP contribution in [0.3, 0.4) is 0 Å². The fourth-order valence-corrected chi connectivity index (χ4v) is 4.27. The average Bonchev–Trinajstić information content (AvgIpc) is 2.91. The number of likely N-dealkylation sites (tertiary alicyclic amines) is 1. The molecule has 1 amide bonds. The lowest BCUT2D eigenvalue weighted by Gasteiger charge is -2.31. The molecule has 4 rings (SSSR count). The van der Waals surface area contributed by atoms with Gasteiger partial charge in [0.1, 0.15) is 0 Å². The zero-order chi connectivity index (χ0) is 27.4. The minimum absolute atomic E-state index is 0.0299. The zero-order valence-electron chi connectivity index (χ0n) is 20.5. The molecule has 1 saturated heterocycles. The van der Waals surface area contributed by atoms with Crippen molar-refractivity contribution in [2.24, 2.45) is 5.92 Å². The molecule has 0 saturated carbocycles. The molecule has 0 radical (unpaired) electrons. The van der Waals surface area contributed by atoms with Crippen LogP contribution in [0.25, 0.3) is 5.69 Å². The van der Waals surface area contributed by atoms with Crippen molar-refractivity contribution < 1.29 is 27.5 Å². The molecule has 3 aromatic rings. The third-order valence-electron chi connectivity index (χ3n) is 6.21. The summed E-state index contributed by atoms with van der Waals surface area (Å²) in [4.78, 5) is 53.7. The number of alkyl halides is 3. The van der Waals surface area contributed by atoms with Gasteiger partial charge in [0.2, 0.25) is 5.69 Å². The summed E-state index contributed by atoms with van der Waals surface area (Å²) in [6.07, 6.45) is -3.51. The van der Waals surface area contributed by atoms with E-state index in [9.17, 15) is 32.3 Å². The van der Waals surface area contributed by atoms with E-state index in [0.29, 0.717) is 12.8 Å². The van der Waals surface area contributed by atoms with E-state index >= 15 is 0 Å². The second-order valence-corrected chi connectivity index (χ2v) is 8.81. The number of ether oxygens (including phenoxy) is 1. The molecule has 2 aromatic carbocycles. The number of carbonyl (C=O) groups excluding carboxylic acids is 2. The SMILES string of the molecule is CCOC(=O)[C@H]1CCCN(C(=O)c2nn(-c3ccccc3)c(=O)n(Cc3ccc(C(F)(F)F)cc3)c2=O)C1. The standard InChI is InChI=1S/C26H25F3N4O5/c1-2-38-24(36)18-7-6-14-31(16-18)22(34)21-23(35)32(15-17-10-12-19(13-11-17)26(27,28)29)25(37)33(30-21)20-8-4-3-5-9-20/h3-5,8-13,18H,2,6-7,14-16H2,1H3/t18-/m0/s1. The predicted octanol–water partition coefficient (Wildman–Crippen LogP) is 2.88. The van der Waals surface area contributed by atoms with Crippen molar-refractivity contribution in [2.75, 3.05) is 19.7 Å². The minimum Gasteiger partial charge on any atom is -0.466 e. The number of benzene rings is 2. The van der Waals surface area contributed by atoms with E-state index in [1.54, 1.807) is 37.3 Å². The number of hydrogen-bond donors (Lipinski definition) is 0. The van der Waals surface area contributed by atoms with Crippen LogP contribution in [0, 0.1) is 5.92 Å². The highest BCUT2D eigenvalue weighted by Gasteiger charge is 2.33. The lowest BCUT2D eigenvalue weighted by atomic mass is 9.98. The fourth-order valence-electron chi connectivity index (χ4n) is 4.27. The second kappa shape index (κ2) is 11.0. The van der Waals surface area contributed by atoms with Crippen LogP contribution in [0.2, 0.25) is 0 Å². The van der Waals surface area contributed by atoms with E-state index in [1.165, 1.54) is 4.90 Å². The Morgan fingerprint density at radius 1 is 1.05 bits per heavy atom. The van der Waals surface area contributed by atoms with Crippen LogP contribution in [0.15, 0.2) is 64.2 Å². The van der Waals surface area contributed by atoms with Crippen LogP contribution in [0.1, 0.15) is 41.4 Å². The third-order valence-corrected chi connectivity index (χ3v) is 6.21. The molecule has 1 aliphatic rings. The molecule has 12 heteroatoms. The molecular formula is C26H25F3N4O5. The molecule has 2 heterocycles. The number of piperidine rings is 1. The number of rotatable bonds is 6. The summed E-state index contributed by atoms with van der Waals surface area (Å²) in [5.74, 6) is -1.75. The summed E-state index contributed by atoms with van der Waals surface area (Å²) in [5, 5.41) is 4.09. The smallest absolute Gasteiger partial charge is 0.416 e. The maximum absolute atomic E-state index is 13.5. The number of nitrogens with zero attached hydrogens (tertiary/aromatic N) is 4. The first-order chi connectivity index (χ1) is 18.1. The van der Waals surface area contributed by atoms with Crippen molar-refractivity contribution in [3.63, 3.8) is 0 Å². The number of para-hydroxylation sites is 1. The average molecular weight is 531 g/mol. The molecular weight excluding hydrogens is 505 g/mol. The van der Waals surface area contributed by atoms with Crippen molar-refractivity contribution in [2.45, 2.75) is 32.5 Å². The Kier molecular flexibility index (Phi) is 7.79. The quantitative estimate of drug-likeness (QED) is 0.454. The van der Waals surface area contributed by atoms with E-state index in [-0.39, 0.29) is 37.5 Å². The summed E-state index contributed by atoms with van der Waals surface area (Å²) in [7, 11) is 0. The van der Waals surface area contributed by atoms with Crippen molar-refractivity contribution in [3.05, 3.63) is 92.3 Å². The van der Waals surface area contributed by atoms with Gasteiger partial charge in [0, 0.05) is 13.1 Å². The normalized spacial score (nSPS) is 15.8. The topological polar surface area (TPSA) is 104 Å². The van der Waals surface area contributed by atoms with E-state index in [4.69, 9.17) is 4.74 Å². The van der Waals surface area contributed by atoms with Gasteiger partial charge in [0.15, 0.2) is 0 Å². The van der Waals surface area contributed by atoms with Crippen molar-refractivity contribution >= 4 is 11.9 Å². The van der Waals surface area contributed by atoms with Gasteiger partial charge in [-0.05, 0) is 49.6 Å². The Balaban J connectivity index is 1.75. The first-order valence-electron chi connectivity index (χ1n) is 12.0. The first-order valence-corrected chi connectivity index (χ1v) is 12.0. The summed E-state index contributed by atoms with van der Waals surface area (Å²) in [6.45, 7) is 1.80. The van der Waals surface area contributed by atoms with Crippen LogP contribution in [-0.4, -0.2) is 50.8 Å². The molecule has 0 bridgehead atoms. The Labute approximate surface area is 215 Å². The van der Waals surface area contributed by atoms with Crippen LogP contribution in [-0.2, 0) is 22.3 Å². The monoisotopic (exact) mass is 530 g/mol. The number of amides is 1. The summed E-state index contributed by atoms with van der Waals surface area (Å²) in [6, 6.07) is 12.2. The van der Waals surface area contributed by atoms with Crippen LogP contribution >= 0.6 is 0 Å². The minimum atomic E-state index is -4.54. The van der Waals surface area contributed by atoms with E-state index in [2.05, 4.69) is 5.10 Å². The molecule has 1 aliphatic heterocycles. The van der Waals surface area contributed by atoms with E-state index in [0.717, 1.165) is 33.5 Å². The lowest BCUT2D eigenvalue weighted by molar-refractivity contribution is -0.149. The molecule has 0 spiro atoms. The second-order valence-electron chi connectivity index (χ2n) is 8.81. The van der Waals surface area contributed by atoms with Crippen LogP contribution in [0.4, 0.5) is 13.2 Å². The van der Waals surface area contributed by atoms with Crippen LogP contribution < -0.4 is 11.2 Å². The van der Waals surface area contributed by atoms with Gasteiger partial charge >= 0.3 is 17.8 Å². The maximum atomic E-state index is 13.5. The Morgan fingerprint density at radius 3 is 2.37 bits per heavy atom. The first kappa shape index (κ1) is 26.8. The number of aromatic nitrogens is 3. The highest BCUT2D eigenvalue weighted by Crippen LogP contribution is 2.29. The van der Waals surface area contributed by atoms with Gasteiger partial charge in [-0.25, -0.2) is 4.79 Å². The summed E-state index contributed by atoms with van der Waals surface area (Å²) in [5.41, 5.74) is -2.71. The predicted molar refractivity (Wildman–Crippen MR) is 130 cm³/mol. The Bertz CT molecular complexity index is 1430. The van der Waals surface area contributed by atoms with Crippen molar-refractivity contribution in [1.29, 1.82) is 0 Å². The van der Waals surface area contributed by atoms with Gasteiger partial charge in [-0.2, -0.15) is 23.0 Å². The zero-order valence-corrected chi connectivity index (χ0v) is 20.5. The van der Waals surface area contributed by atoms with E-state index < -0.39 is 46.5 Å². The highest BCUT2D eigenvalue weighted by molar-refractivity contribution is 5.92. The molecule has 1 atom stereocenters. The third kappa shape index (κ3) is 5.68. The molecule has 0 N–H and O–H groups in total. The van der Waals surface area contributed by atoms with Gasteiger partial charge < -0.3 is 9.64 Å². The van der Waals surface area contributed by atoms with Crippen LogP contribution in [0.5, 0.6) is 0 Å². The van der Waals surface area contributed by atoms with Gasteiger partial charge in [-0.1, -0.05) is 30.3 Å². The summed E-state index contributed by atoms with van der Waals surface area (Å²) < 4.78 is 45.6. The number of esters is 1. The van der Waals surface area contributed by atoms with Gasteiger partial charge in [0.25, 0.3) is 11.5 Å².